The van der Waals surface area contributed by atoms with E-state index in [1.54, 1.807) is 30.3 Å². The molecule has 1 aromatic carbocycles. The van der Waals surface area contributed by atoms with Gasteiger partial charge in [-0.2, -0.15) is 0 Å². The van der Waals surface area contributed by atoms with Crippen molar-refractivity contribution in [2.45, 2.75) is 0 Å². The maximum absolute atomic E-state index is 9.44. The van der Waals surface area contributed by atoms with Gasteiger partial charge in [0, 0.05) is 6.20 Å². The molecule has 1 aromatic heterocycles. The molecule has 0 aliphatic carbocycles. The van der Waals surface area contributed by atoms with E-state index in [-0.39, 0.29) is 23.1 Å². The van der Waals surface area contributed by atoms with Crippen molar-refractivity contribution in [1.29, 1.82) is 0 Å². The third-order valence-corrected chi connectivity index (χ3v) is 1.84. The molecule has 4 heteroatoms. The van der Waals surface area contributed by atoms with Crippen LogP contribution < -0.4 is 4.74 Å². The number of hydrogen-bond acceptors (Lipinski definition) is 4. The number of benzene rings is 1. The summed E-state index contributed by atoms with van der Waals surface area (Å²) in [5, 5.41) is 18.8. The van der Waals surface area contributed by atoms with Gasteiger partial charge in [0.1, 0.15) is 0 Å². The van der Waals surface area contributed by atoms with Crippen LogP contribution in [0.4, 0.5) is 0 Å². The van der Waals surface area contributed by atoms with Gasteiger partial charge in [-0.1, -0.05) is 12.1 Å². The summed E-state index contributed by atoms with van der Waals surface area (Å²) in [6, 6.07) is 9.71. The number of ether oxygens (including phenoxy) is 1. The number of hydrogen-bond donors (Lipinski definition) is 2. The van der Waals surface area contributed by atoms with Crippen LogP contribution in [-0.4, -0.2) is 15.2 Å². The highest BCUT2D eigenvalue weighted by Gasteiger charge is 2.06. The molecule has 0 fully saturated rings. The van der Waals surface area contributed by atoms with Gasteiger partial charge in [-0.3, -0.25) is 0 Å². The summed E-state index contributed by atoms with van der Waals surface area (Å²) >= 11 is 0. The molecule has 0 saturated carbocycles. The lowest BCUT2D eigenvalue weighted by atomic mass is 10.3. The largest absolute Gasteiger partial charge is 0.504 e. The van der Waals surface area contributed by atoms with Gasteiger partial charge in [0.25, 0.3) is 5.88 Å². The predicted molar refractivity (Wildman–Crippen MR) is 54.1 cm³/mol. The van der Waals surface area contributed by atoms with Crippen LogP contribution in [0.3, 0.4) is 0 Å². The number of nitrogens with zero attached hydrogens (tertiary/aromatic N) is 1. The summed E-state index contributed by atoms with van der Waals surface area (Å²) < 4.78 is 5.28. The number of aromatic nitrogens is 1. The molecular weight excluding hydrogens is 194 g/mol. The number of phenols is 1. The molecule has 0 amide bonds. The third-order valence-electron chi connectivity index (χ3n) is 1.84. The molecule has 0 aliphatic heterocycles. The van der Waals surface area contributed by atoms with Crippen LogP contribution >= 0.6 is 0 Å². The Kier molecular flexibility index (Phi) is 2.41. The third kappa shape index (κ3) is 1.99. The number of rotatable bonds is 2. The second-order valence-corrected chi connectivity index (χ2v) is 2.89. The first-order chi connectivity index (χ1) is 7.27. The minimum atomic E-state index is -0.208. The Labute approximate surface area is 86.4 Å². The zero-order chi connectivity index (χ0) is 10.7. The molecule has 4 nitrogen and oxygen atoms in total. The molecule has 0 radical (unpaired) electrons. The topological polar surface area (TPSA) is 62.6 Å². The van der Waals surface area contributed by atoms with Crippen molar-refractivity contribution in [3.05, 3.63) is 42.6 Å². The van der Waals surface area contributed by atoms with Crippen LogP contribution in [-0.2, 0) is 0 Å². The van der Waals surface area contributed by atoms with E-state index in [4.69, 9.17) is 4.74 Å². The van der Waals surface area contributed by atoms with Crippen molar-refractivity contribution < 1.29 is 14.9 Å². The molecule has 0 aliphatic rings. The summed E-state index contributed by atoms with van der Waals surface area (Å²) in [5.41, 5.74) is 0. The first-order valence-corrected chi connectivity index (χ1v) is 4.37. The lowest BCUT2D eigenvalue weighted by molar-refractivity contribution is 0.376. The smallest absolute Gasteiger partial charge is 0.255 e. The Morgan fingerprint density at radius 3 is 2.40 bits per heavy atom. The first-order valence-electron chi connectivity index (χ1n) is 4.37. The highest BCUT2D eigenvalue weighted by Crippen LogP contribution is 2.33. The highest BCUT2D eigenvalue weighted by atomic mass is 16.5. The molecule has 2 N–H and O–H groups in total. The monoisotopic (exact) mass is 203 g/mol. The average Bonchev–Trinajstić information content (AvgIpc) is 2.24. The number of phenolic OH excluding ortho intramolecular Hbond substituents is 1. The lowest BCUT2D eigenvalue weighted by Gasteiger charge is -2.07. The Balaban J connectivity index is 2.30. The summed E-state index contributed by atoms with van der Waals surface area (Å²) in [5.74, 6) is 0.293. The van der Waals surface area contributed by atoms with Crippen molar-refractivity contribution in [3.8, 4) is 23.1 Å². The van der Waals surface area contributed by atoms with E-state index in [0.29, 0.717) is 0 Å². The maximum atomic E-state index is 9.44. The van der Waals surface area contributed by atoms with Crippen LogP contribution in [0.2, 0.25) is 0 Å². The molecule has 0 bridgehead atoms. The lowest BCUT2D eigenvalue weighted by Crippen LogP contribution is -1.86. The molecule has 1 heterocycles. The minimum absolute atomic E-state index is 0.0146. The van der Waals surface area contributed by atoms with Crippen molar-refractivity contribution in [2.24, 2.45) is 0 Å². The SMILES string of the molecule is Oc1ccccc1Oc1cccnc1O. The normalized spacial score (nSPS) is 9.87. The zero-order valence-corrected chi connectivity index (χ0v) is 7.79. The van der Waals surface area contributed by atoms with E-state index in [0.717, 1.165) is 0 Å². The maximum Gasteiger partial charge on any atom is 0.255 e. The van der Waals surface area contributed by atoms with E-state index in [1.807, 2.05) is 0 Å². The van der Waals surface area contributed by atoms with E-state index in [2.05, 4.69) is 4.98 Å². The Hall–Kier alpha value is -2.23. The fourth-order valence-corrected chi connectivity index (χ4v) is 1.12. The number of pyridine rings is 1. The zero-order valence-electron chi connectivity index (χ0n) is 7.79. The van der Waals surface area contributed by atoms with Crippen molar-refractivity contribution in [1.82, 2.24) is 4.98 Å². The highest BCUT2D eigenvalue weighted by molar-refractivity contribution is 5.43. The Morgan fingerprint density at radius 2 is 1.67 bits per heavy atom. The Morgan fingerprint density at radius 1 is 0.933 bits per heavy atom. The van der Waals surface area contributed by atoms with Crippen LogP contribution in [0, 0.1) is 0 Å². The molecular formula is C11H9NO3. The van der Waals surface area contributed by atoms with E-state index >= 15 is 0 Å². The minimum Gasteiger partial charge on any atom is -0.504 e. The van der Waals surface area contributed by atoms with Gasteiger partial charge >= 0.3 is 0 Å². The van der Waals surface area contributed by atoms with Gasteiger partial charge in [0.15, 0.2) is 17.2 Å². The first kappa shape index (κ1) is 9.33. The van der Waals surface area contributed by atoms with E-state index in [9.17, 15) is 10.2 Å². The fraction of sp³-hybridized carbons (Fsp3) is 0. The molecule has 15 heavy (non-hydrogen) atoms. The molecule has 0 atom stereocenters. The van der Waals surface area contributed by atoms with E-state index < -0.39 is 0 Å². The molecule has 2 rings (SSSR count). The molecule has 0 unspecified atom stereocenters. The van der Waals surface area contributed by atoms with Crippen LogP contribution in [0.15, 0.2) is 42.6 Å². The molecule has 76 valence electrons. The van der Waals surface area contributed by atoms with Gasteiger partial charge in [0.05, 0.1) is 0 Å². The van der Waals surface area contributed by atoms with Gasteiger partial charge in [0.2, 0.25) is 0 Å². The van der Waals surface area contributed by atoms with E-state index in [1.165, 1.54) is 12.3 Å². The van der Waals surface area contributed by atoms with Crippen molar-refractivity contribution in [3.63, 3.8) is 0 Å². The summed E-state index contributed by atoms with van der Waals surface area (Å²) in [7, 11) is 0. The standard InChI is InChI=1S/C11H9NO3/c13-8-4-1-2-5-9(8)15-10-6-3-7-12-11(10)14/h1-7,13H,(H,12,14). The quantitative estimate of drug-likeness (QED) is 0.786. The van der Waals surface area contributed by atoms with Crippen molar-refractivity contribution in [2.75, 3.05) is 0 Å². The van der Waals surface area contributed by atoms with Crippen LogP contribution in [0.25, 0.3) is 0 Å². The van der Waals surface area contributed by atoms with Crippen LogP contribution in [0.5, 0.6) is 23.1 Å². The number of aromatic hydroxyl groups is 2. The van der Waals surface area contributed by atoms with Gasteiger partial charge in [-0.05, 0) is 24.3 Å². The van der Waals surface area contributed by atoms with Crippen molar-refractivity contribution >= 4 is 0 Å². The van der Waals surface area contributed by atoms with Gasteiger partial charge < -0.3 is 14.9 Å². The second-order valence-electron chi connectivity index (χ2n) is 2.89. The predicted octanol–water partition coefficient (Wildman–Crippen LogP) is 2.29. The molecule has 0 saturated heterocycles. The summed E-state index contributed by atoms with van der Waals surface area (Å²) in [6.45, 7) is 0. The molecule has 0 spiro atoms. The fourth-order valence-electron chi connectivity index (χ4n) is 1.12. The molecule has 2 aromatic rings. The van der Waals surface area contributed by atoms with Crippen LogP contribution in [0.1, 0.15) is 0 Å². The second kappa shape index (κ2) is 3.88. The van der Waals surface area contributed by atoms with Gasteiger partial charge in [-0.15, -0.1) is 0 Å². The van der Waals surface area contributed by atoms with Gasteiger partial charge in [-0.25, -0.2) is 4.98 Å². The average molecular weight is 203 g/mol. The Bertz CT molecular complexity index is 427. The summed E-state index contributed by atoms with van der Waals surface area (Å²) in [4.78, 5) is 3.65. The number of para-hydroxylation sites is 2. The summed E-state index contributed by atoms with van der Waals surface area (Å²) in [6.07, 6.45) is 1.45.